The molecule has 3 aromatic rings. The highest BCUT2D eigenvalue weighted by Crippen LogP contribution is 2.19. The topological polar surface area (TPSA) is 98.7 Å². The number of nitrogens with zero attached hydrogens (tertiary/aromatic N) is 5. The van der Waals surface area contributed by atoms with Crippen molar-refractivity contribution in [3.63, 3.8) is 0 Å². The maximum absolute atomic E-state index is 12.0. The highest BCUT2D eigenvalue weighted by molar-refractivity contribution is 5.92. The Kier molecular flexibility index (Phi) is 4.37. The minimum Gasteiger partial charge on any atom is -0.350 e. The fourth-order valence-corrected chi connectivity index (χ4v) is 2.06. The van der Waals surface area contributed by atoms with Gasteiger partial charge >= 0.3 is 0 Å². The molecule has 0 spiro atoms. The summed E-state index contributed by atoms with van der Waals surface area (Å²) in [6.07, 6.45) is 4.83. The molecule has 1 amide bonds. The van der Waals surface area contributed by atoms with E-state index in [1.807, 2.05) is 13.8 Å². The van der Waals surface area contributed by atoms with Gasteiger partial charge in [0.1, 0.15) is 17.8 Å². The van der Waals surface area contributed by atoms with Gasteiger partial charge in [-0.2, -0.15) is 4.98 Å². The minimum atomic E-state index is -0.203. The molecule has 1 N–H and O–H groups in total. The second kappa shape index (κ2) is 6.61. The Hall–Kier alpha value is -3.03. The molecular weight excluding hydrogens is 308 g/mol. The van der Waals surface area contributed by atoms with Crippen LogP contribution < -0.4 is 5.32 Å². The van der Waals surface area contributed by atoms with E-state index in [0.29, 0.717) is 35.7 Å². The van der Waals surface area contributed by atoms with Crippen LogP contribution in [0.25, 0.3) is 17.3 Å². The summed E-state index contributed by atoms with van der Waals surface area (Å²) < 4.78 is 6.84. The summed E-state index contributed by atoms with van der Waals surface area (Å²) in [7, 11) is 0. The molecule has 8 heteroatoms. The molecule has 3 heterocycles. The van der Waals surface area contributed by atoms with Crippen molar-refractivity contribution in [1.82, 2.24) is 30.0 Å². The number of aryl methyl sites for hydroxylation is 1. The molecule has 0 saturated carbocycles. The van der Waals surface area contributed by atoms with Gasteiger partial charge in [0.05, 0.1) is 0 Å². The number of hydrogen-bond acceptors (Lipinski definition) is 6. The molecular formula is C16H18N6O2. The van der Waals surface area contributed by atoms with E-state index in [9.17, 15) is 4.79 Å². The zero-order valence-electron chi connectivity index (χ0n) is 13.7. The molecule has 0 aliphatic carbocycles. The van der Waals surface area contributed by atoms with Crippen LogP contribution in [0.1, 0.15) is 30.2 Å². The number of amides is 1. The van der Waals surface area contributed by atoms with E-state index >= 15 is 0 Å². The molecule has 0 aliphatic rings. The number of rotatable bonds is 5. The van der Waals surface area contributed by atoms with Crippen molar-refractivity contribution in [2.24, 2.45) is 5.92 Å². The Morgan fingerprint density at radius 3 is 2.92 bits per heavy atom. The lowest BCUT2D eigenvalue weighted by Gasteiger charge is -2.05. The van der Waals surface area contributed by atoms with Crippen LogP contribution in [0.15, 0.2) is 35.4 Å². The van der Waals surface area contributed by atoms with Crippen LogP contribution in [0.2, 0.25) is 0 Å². The first-order chi connectivity index (χ1) is 11.5. The van der Waals surface area contributed by atoms with Crippen LogP contribution in [-0.4, -0.2) is 37.1 Å². The van der Waals surface area contributed by atoms with E-state index in [-0.39, 0.29) is 5.91 Å². The van der Waals surface area contributed by atoms with Crippen LogP contribution in [0.5, 0.6) is 0 Å². The predicted molar refractivity (Wildman–Crippen MR) is 86.6 cm³/mol. The normalized spacial score (nSPS) is 11.0. The van der Waals surface area contributed by atoms with Crippen LogP contribution in [-0.2, 0) is 0 Å². The fourth-order valence-electron chi connectivity index (χ4n) is 2.06. The number of aromatic nitrogens is 5. The third kappa shape index (κ3) is 3.48. The number of hydrogen-bond donors (Lipinski definition) is 1. The van der Waals surface area contributed by atoms with Gasteiger partial charge in [-0.3, -0.25) is 9.36 Å². The SMILES string of the molecule is Cc1noc(-c2ccnc(-n3cnc(C(=O)NCC(C)C)c3)c2)n1. The first kappa shape index (κ1) is 15.9. The first-order valence-corrected chi connectivity index (χ1v) is 7.62. The second-order valence-corrected chi connectivity index (χ2v) is 5.82. The summed E-state index contributed by atoms with van der Waals surface area (Å²) in [4.78, 5) is 24.7. The lowest BCUT2D eigenvalue weighted by atomic mass is 10.2. The summed E-state index contributed by atoms with van der Waals surface area (Å²) in [5.74, 6) is 1.78. The fraction of sp³-hybridized carbons (Fsp3) is 0.312. The standard InChI is InChI=1S/C16H18N6O2/c1-10(2)7-18-15(23)13-8-22(9-19-13)14-6-12(4-5-17-14)16-20-11(3)21-24-16/h4-6,8-10H,7H2,1-3H3,(H,18,23). The van der Waals surface area contributed by atoms with Crippen LogP contribution in [0.3, 0.4) is 0 Å². The van der Waals surface area contributed by atoms with Crippen LogP contribution in [0, 0.1) is 12.8 Å². The predicted octanol–water partition coefficient (Wildman–Crippen LogP) is 2.01. The van der Waals surface area contributed by atoms with E-state index in [1.54, 1.807) is 42.3 Å². The zero-order chi connectivity index (χ0) is 17.1. The first-order valence-electron chi connectivity index (χ1n) is 7.62. The van der Waals surface area contributed by atoms with Gasteiger partial charge in [-0.1, -0.05) is 19.0 Å². The molecule has 8 nitrogen and oxygen atoms in total. The van der Waals surface area contributed by atoms with Crippen molar-refractivity contribution in [2.45, 2.75) is 20.8 Å². The smallest absolute Gasteiger partial charge is 0.271 e. The van der Waals surface area contributed by atoms with E-state index < -0.39 is 0 Å². The number of nitrogens with one attached hydrogen (secondary N) is 1. The highest BCUT2D eigenvalue weighted by Gasteiger charge is 2.12. The second-order valence-electron chi connectivity index (χ2n) is 5.82. The van der Waals surface area contributed by atoms with Gasteiger partial charge in [0.2, 0.25) is 0 Å². The summed E-state index contributed by atoms with van der Waals surface area (Å²) in [5, 5.41) is 6.61. The third-order valence-electron chi connectivity index (χ3n) is 3.27. The van der Waals surface area contributed by atoms with E-state index in [0.717, 1.165) is 5.56 Å². The summed E-state index contributed by atoms with van der Waals surface area (Å²) >= 11 is 0. The molecule has 0 aromatic carbocycles. The van der Waals surface area contributed by atoms with E-state index in [2.05, 4.69) is 25.4 Å². The van der Waals surface area contributed by atoms with Gasteiger partial charge < -0.3 is 9.84 Å². The van der Waals surface area contributed by atoms with Crippen molar-refractivity contribution in [2.75, 3.05) is 6.54 Å². The Bertz CT molecular complexity index is 852. The van der Waals surface area contributed by atoms with Crippen LogP contribution in [0.4, 0.5) is 0 Å². The molecule has 24 heavy (non-hydrogen) atoms. The Morgan fingerprint density at radius 2 is 2.21 bits per heavy atom. The average Bonchev–Trinajstić information content (AvgIpc) is 3.22. The maximum atomic E-state index is 12.0. The van der Waals surface area contributed by atoms with Crippen molar-refractivity contribution in [3.8, 4) is 17.3 Å². The lowest BCUT2D eigenvalue weighted by Crippen LogP contribution is -2.27. The quantitative estimate of drug-likeness (QED) is 0.770. The Morgan fingerprint density at radius 1 is 1.38 bits per heavy atom. The Balaban J connectivity index is 1.81. The van der Waals surface area contributed by atoms with Crippen molar-refractivity contribution < 1.29 is 9.32 Å². The van der Waals surface area contributed by atoms with Crippen LogP contribution >= 0.6 is 0 Å². The minimum absolute atomic E-state index is 0.203. The molecule has 3 rings (SSSR count). The molecule has 124 valence electrons. The highest BCUT2D eigenvalue weighted by atomic mass is 16.5. The van der Waals surface area contributed by atoms with Gasteiger partial charge in [-0.25, -0.2) is 9.97 Å². The molecule has 0 saturated heterocycles. The zero-order valence-corrected chi connectivity index (χ0v) is 13.7. The van der Waals surface area contributed by atoms with Gasteiger partial charge in [0.25, 0.3) is 11.8 Å². The monoisotopic (exact) mass is 326 g/mol. The van der Waals surface area contributed by atoms with E-state index in [1.165, 1.54) is 0 Å². The molecule has 3 aromatic heterocycles. The van der Waals surface area contributed by atoms with Crippen molar-refractivity contribution >= 4 is 5.91 Å². The molecule has 0 atom stereocenters. The molecule has 0 unspecified atom stereocenters. The van der Waals surface area contributed by atoms with Gasteiger partial charge in [0, 0.05) is 24.5 Å². The van der Waals surface area contributed by atoms with Gasteiger partial charge in [-0.15, -0.1) is 0 Å². The third-order valence-corrected chi connectivity index (χ3v) is 3.27. The largest absolute Gasteiger partial charge is 0.350 e. The molecule has 0 radical (unpaired) electrons. The summed E-state index contributed by atoms with van der Waals surface area (Å²) in [5.41, 5.74) is 1.09. The average molecular weight is 326 g/mol. The van der Waals surface area contributed by atoms with Gasteiger partial charge in [-0.05, 0) is 25.0 Å². The number of pyridine rings is 1. The molecule has 0 fully saturated rings. The number of carbonyl (C=O) groups excluding carboxylic acids is 1. The molecule has 0 bridgehead atoms. The maximum Gasteiger partial charge on any atom is 0.271 e. The molecule has 0 aliphatic heterocycles. The summed E-state index contributed by atoms with van der Waals surface area (Å²) in [6.45, 7) is 6.43. The number of carbonyl (C=O) groups is 1. The van der Waals surface area contributed by atoms with Gasteiger partial charge in [0.15, 0.2) is 5.82 Å². The van der Waals surface area contributed by atoms with E-state index in [4.69, 9.17) is 4.52 Å². The summed E-state index contributed by atoms with van der Waals surface area (Å²) in [6, 6.07) is 3.58. The lowest BCUT2D eigenvalue weighted by molar-refractivity contribution is 0.0944. The van der Waals surface area contributed by atoms with Crippen molar-refractivity contribution in [1.29, 1.82) is 0 Å². The number of imidazole rings is 1. The van der Waals surface area contributed by atoms with Crippen molar-refractivity contribution in [3.05, 3.63) is 42.4 Å². The Labute approximate surface area is 138 Å².